The van der Waals surface area contributed by atoms with Gasteiger partial charge in [-0.05, 0) is 50.0 Å². The molecule has 5 atom stereocenters. The number of nitrogens with zero attached hydrogens (tertiary/aromatic N) is 1. The minimum atomic E-state index is -0.347. The van der Waals surface area contributed by atoms with Crippen LogP contribution in [0.15, 0.2) is 34.1 Å². The van der Waals surface area contributed by atoms with Crippen molar-refractivity contribution < 1.29 is 14.3 Å². The van der Waals surface area contributed by atoms with Crippen LogP contribution in [-0.4, -0.2) is 29.5 Å². The molecule has 2 bridgehead atoms. The van der Waals surface area contributed by atoms with E-state index < -0.39 is 0 Å². The molecule has 5 rings (SSSR count). The summed E-state index contributed by atoms with van der Waals surface area (Å²) in [5.41, 5.74) is 1.17. The number of para-hydroxylation sites is 1. The summed E-state index contributed by atoms with van der Waals surface area (Å²) < 4.78 is 12.5. The highest BCUT2D eigenvalue weighted by atomic mass is 32.2. The van der Waals surface area contributed by atoms with Crippen LogP contribution in [-0.2, 0) is 16.1 Å². The summed E-state index contributed by atoms with van der Waals surface area (Å²) in [6, 6.07) is 8.21. The number of thioether (sulfide) groups is 1. The first-order valence-electron chi connectivity index (χ1n) is 10.3. The van der Waals surface area contributed by atoms with Gasteiger partial charge in [-0.3, -0.25) is 14.2 Å². The molecule has 2 saturated carbocycles. The van der Waals surface area contributed by atoms with E-state index in [2.05, 4.69) is 12.1 Å². The Labute approximate surface area is 178 Å². The van der Waals surface area contributed by atoms with Gasteiger partial charge in [-0.25, -0.2) is 0 Å². The molecule has 0 radical (unpaired) electrons. The second kappa shape index (κ2) is 7.51. The minimum Gasteiger partial charge on any atom is -0.496 e. The summed E-state index contributed by atoms with van der Waals surface area (Å²) in [7, 11) is 1.71. The Balaban J connectivity index is 1.64. The van der Waals surface area contributed by atoms with Crippen molar-refractivity contribution in [3.05, 3.63) is 44.4 Å². The molecule has 0 amide bonds. The van der Waals surface area contributed by atoms with Crippen LogP contribution in [0.4, 0.5) is 0 Å². The van der Waals surface area contributed by atoms with Crippen molar-refractivity contribution in [3.63, 3.8) is 0 Å². The molecule has 1 aromatic heterocycles. The predicted octanol–water partition coefficient (Wildman–Crippen LogP) is 4.13. The van der Waals surface area contributed by atoms with E-state index in [-0.39, 0.29) is 23.3 Å². The lowest BCUT2D eigenvalue weighted by Gasteiger charge is -2.40. The zero-order valence-corrected chi connectivity index (χ0v) is 18.3. The third-order valence-electron chi connectivity index (χ3n) is 6.76. The van der Waals surface area contributed by atoms with Gasteiger partial charge in [-0.1, -0.05) is 29.5 Å². The Kier molecular flexibility index (Phi) is 4.98. The summed E-state index contributed by atoms with van der Waals surface area (Å²) in [5.74, 6) is 2.62. The molecule has 1 aromatic carbocycles. The van der Waals surface area contributed by atoms with Gasteiger partial charge >= 0.3 is 10.8 Å². The zero-order valence-electron chi connectivity index (χ0n) is 16.6. The normalized spacial score (nSPS) is 29.4. The van der Waals surface area contributed by atoms with Gasteiger partial charge in [0.1, 0.15) is 12.3 Å². The number of hydrogen-bond donors (Lipinski definition) is 0. The van der Waals surface area contributed by atoms with Crippen molar-refractivity contribution >= 4 is 29.1 Å². The maximum Gasteiger partial charge on any atom is 0.326 e. The largest absolute Gasteiger partial charge is 0.496 e. The number of aromatic nitrogens is 1. The number of carbonyl (C=O) groups excluding carboxylic acids is 1. The molecule has 2 aliphatic carbocycles. The topological polar surface area (TPSA) is 57.5 Å². The fourth-order valence-electron chi connectivity index (χ4n) is 5.69. The van der Waals surface area contributed by atoms with Gasteiger partial charge < -0.3 is 9.47 Å². The molecule has 2 heterocycles. The Morgan fingerprint density at radius 2 is 2.03 bits per heavy atom. The molecule has 2 fully saturated rings. The van der Waals surface area contributed by atoms with Gasteiger partial charge in [0.15, 0.2) is 0 Å². The van der Waals surface area contributed by atoms with Crippen molar-refractivity contribution in [1.29, 1.82) is 0 Å². The smallest absolute Gasteiger partial charge is 0.326 e. The van der Waals surface area contributed by atoms with Gasteiger partial charge in [-0.15, -0.1) is 11.8 Å². The van der Waals surface area contributed by atoms with E-state index in [0.29, 0.717) is 29.6 Å². The molecular formula is C22H25NO4S2. The van der Waals surface area contributed by atoms with Crippen molar-refractivity contribution in [2.24, 2.45) is 17.8 Å². The standard InChI is InChI=1S/C22H25NO4S2/c1-3-27-16(24)11-23-21-20(29-22(23)25)18(14-6-4-5-7-15(14)26-2)17-12-8-9-13(10-12)19(17)28-21/h4-7,12-13,17-19H,3,8-11H2,1-2H3. The maximum absolute atomic E-state index is 12.9. The van der Waals surface area contributed by atoms with E-state index in [1.807, 2.05) is 23.9 Å². The summed E-state index contributed by atoms with van der Waals surface area (Å²) >= 11 is 3.13. The number of ether oxygens (including phenoxy) is 2. The number of esters is 1. The second-order valence-electron chi connectivity index (χ2n) is 8.14. The monoisotopic (exact) mass is 431 g/mol. The number of thiazole rings is 1. The number of methoxy groups -OCH3 is 1. The number of carbonyl (C=O) groups is 1. The van der Waals surface area contributed by atoms with E-state index >= 15 is 0 Å². The Hall–Kier alpha value is -1.73. The third kappa shape index (κ3) is 3.05. The van der Waals surface area contributed by atoms with Gasteiger partial charge in [0.05, 0.1) is 18.7 Å². The van der Waals surface area contributed by atoms with Gasteiger partial charge in [0.2, 0.25) is 0 Å². The molecule has 7 heteroatoms. The second-order valence-corrected chi connectivity index (χ2v) is 10.3. The number of hydrogen-bond acceptors (Lipinski definition) is 6. The third-order valence-corrected chi connectivity index (χ3v) is 9.58. The molecule has 0 spiro atoms. The number of rotatable bonds is 5. The van der Waals surface area contributed by atoms with Crippen molar-refractivity contribution in [3.8, 4) is 5.75 Å². The van der Waals surface area contributed by atoms with E-state index in [4.69, 9.17) is 9.47 Å². The molecule has 5 unspecified atom stereocenters. The van der Waals surface area contributed by atoms with Crippen molar-refractivity contribution in [2.75, 3.05) is 13.7 Å². The van der Waals surface area contributed by atoms with E-state index in [9.17, 15) is 9.59 Å². The summed E-state index contributed by atoms with van der Waals surface area (Å²) in [5, 5.41) is 1.47. The average molecular weight is 432 g/mol. The summed E-state index contributed by atoms with van der Waals surface area (Å²) in [6.07, 6.45) is 3.84. The van der Waals surface area contributed by atoms with Crippen LogP contribution >= 0.6 is 23.1 Å². The summed E-state index contributed by atoms with van der Waals surface area (Å²) in [4.78, 5) is 26.1. The number of benzene rings is 1. The van der Waals surface area contributed by atoms with E-state index in [0.717, 1.165) is 15.7 Å². The van der Waals surface area contributed by atoms with Crippen LogP contribution in [0, 0.1) is 17.8 Å². The molecule has 154 valence electrons. The fraction of sp³-hybridized carbons (Fsp3) is 0.545. The highest BCUT2D eigenvalue weighted by molar-refractivity contribution is 8.00. The fourth-order valence-corrected chi connectivity index (χ4v) is 8.84. The van der Waals surface area contributed by atoms with Gasteiger partial charge in [0.25, 0.3) is 0 Å². The van der Waals surface area contributed by atoms with Crippen LogP contribution < -0.4 is 9.61 Å². The summed E-state index contributed by atoms with van der Waals surface area (Å²) in [6.45, 7) is 2.11. The Morgan fingerprint density at radius 3 is 2.83 bits per heavy atom. The van der Waals surface area contributed by atoms with Gasteiger partial charge in [-0.2, -0.15) is 0 Å². The van der Waals surface area contributed by atoms with Crippen molar-refractivity contribution in [1.82, 2.24) is 4.57 Å². The quantitative estimate of drug-likeness (QED) is 0.666. The molecule has 1 aliphatic heterocycles. The van der Waals surface area contributed by atoms with Crippen LogP contribution in [0.25, 0.3) is 0 Å². The highest BCUT2D eigenvalue weighted by Gasteiger charge is 2.55. The van der Waals surface area contributed by atoms with E-state index in [1.54, 1.807) is 18.6 Å². The van der Waals surface area contributed by atoms with E-state index in [1.165, 1.54) is 36.2 Å². The zero-order chi connectivity index (χ0) is 20.1. The maximum atomic E-state index is 12.9. The van der Waals surface area contributed by atoms with Crippen LogP contribution in [0.1, 0.15) is 42.5 Å². The minimum absolute atomic E-state index is 0.00433. The molecule has 5 nitrogen and oxygen atoms in total. The molecule has 29 heavy (non-hydrogen) atoms. The van der Waals surface area contributed by atoms with Crippen LogP contribution in [0.2, 0.25) is 0 Å². The van der Waals surface area contributed by atoms with Gasteiger partial charge in [0, 0.05) is 21.6 Å². The first-order valence-corrected chi connectivity index (χ1v) is 12.0. The lowest BCUT2D eigenvalue weighted by molar-refractivity contribution is -0.144. The highest BCUT2D eigenvalue weighted by Crippen LogP contribution is 2.64. The SMILES string of the molecule is CCOC(=O)Cn1c2c(sc1=O)C(c1ccccc1OC)C1C3CCC(C3)C1S2. The Bertz CT molecular complexity index is 997. The van der Waals surface area contributed by atoms with Crippen LogP contribution in [0.3, 0.4) is 0 Å². The number of fused-ring (bicyclic) bond motifs is 6. The average Bonchev–Trinajstić information content (AvgIpc) is 3.41. The first-order chi connectivity index (χ1) is 14.1. The Morgan fingerprint density at radius 1 is 1.24 bits per heavy atom. The molecule has 3 aliphatic rings. The lowest BCUT2D eigenvalue weighted by atomic mass is 9.74. The molecule has 0 N–H and O–H groups in total. The molecule has 2 aromatic rings. The predicted molar refractivity (Wildman–Crippen MR) is 114 cm³/mol. The molecular weight excluding hydrogens is 406 g/mol. The lowest BCUT2D eigenvalue weighted by Crippen LogP contribution is -2.34. The van der Waals surface area contributed by atoms with Crippen LogP contribution in [0.5, 0.6) is 5.75 Å². The first kappa shape index (κ1) is 19.2. The van der Waals surface area contributed by atoms with Crippen molar-refractivity contribution in [2.45, 2.75) is 48.9 Å². The molecule has 0 saturated heterocycles.